The zero-order valence-electron chi connectivity index (χ0n) is 11.6. The smallest absolute Gasteiger partial charge is 0.315 e. The first-order valence-corrected chi connectivity index (χ1v) is 8.64. The fourth-order valence-electron chi connectivity index (χ4n) is 2.53. The second-order valence-electron chi connectivity index (χ2n) is 5.33. The Morgan fingerprint density at radius 1 is 1.24 bits per heavy atom. The van der Waals surface area contributed by atoms with Crippen LogP contribution in [0.3, 0.4) is 0 Å². The number of carbonyl (C=O) groups is 2. The molecule has 2 amide bonds. The van der Waals surface area contributed by atoms with Crippen molar-refractivity contribution < 1.29 is 14.7 Å². The number of halogens is 1. The SMILES string of the molecule is O=C(NCc1ccc(Br)s1)NCC1CCC(C(=O)O)CC1. The van der Waals surface area contributed by atoms with Gasteiger partial charge in [-0.05, 0) is 59.7 Å². The molecule has 1 aromatic rings. The molecule has 0 atom stereocenters. The molecule has 1 aliphatic rings. The zero-order chi connectivity index (χ0) is 15.2. The number of aliphatic carboxylic acids is 1. The van der Waals surface area contributed by atoms with Gasteiger partial charge in [-0.25, -0.2) is 4.79 Å². The second kappa shape index (κ2) is 7.79. The molecule has 7 heteroatoms. The topological polar surface area (TPSA) is 78.4 Å². The summed E-state index contributed by atoms with van der Waals surface area (Å²) in [6.07, 6.45) is 3.17. The van der Waals surface area contributed by atoms with Crippen molar-refractivity contribution in [2.24, 2.45) is 11.8 Å². The summed E-state index contributed by atoms with van der Waals surface area (Å²) in [4.78, 5) is 23.7. The Hall–Kier alpha value is -1.08. The van der Waals surface area contributed by atoms with Crippen LogP contribution in [0.25, 0.3) is 0 Å². The highest BCUT2D eigenvalue weighted by molar-refractivity contribution is 9.11. The molecule has 1 aliphatic carbocycles. The van der Waals surface area contributed by atoms with Gasteiger partial charge in [-0.15, -0.1) is 11.3 Å². The summed E-state index contributed by atoms with van der Waals surface area (Å²) < 4.78 is 1.05. The van der Waals surface area contributed by atoms with Gasteiger partial charge in [0.15, 0.2) is 0 Å². The van der Waals surface area contributed by atoms with Gasteiger partial charge in [-0.3, -0.25) is 4.79 Å². The number of carbonyl (C=O) groups excluding carboxylic acids is 1. The van der Waals surface area contributed by atoms with E-state index in [-0.39, 0.29) is 11.9 Å². The summed E-state index contributed by atoms with van der Waals surface area (Å²) in [6.45, 7) is 1.14. The summed E-state index contributed by atoms with van der Waals surface area (Å²) in [5.41, 5.74) is 0. The Labute approximate surface area is 136 Å². The van der Waals surface area contributed by atoms with Crippen LogP contribution in [0.1, 0.15) is 30.6 Å². The van der Waals surface area contributed by atoms with Gasteiger partial charge in [0.25, 0.3) is 0 Å². The fraction of sp³-hybridized carbons (Fsp3) is 0.571. The van der Waals surface area contributed by atoms with Crippen molar-refractivity contribution in [3.05, 3.63) is 20.8 Å². The van der Waals surface area contributed by atoms with Gasteiger partial charge in [0.05, 0.1) is 16.2 Å². The van der Waals surface area contributed by atoms with Crippen LogP contribution < -0.4 is 10.6 Å². The van der Waals surface area contributed by atoms with Crippen molar-refractivity contribution in [1.29, 1.82) is 0 Å². The minimum absolute atomic E-state index is 0.167. The number of amides is 2. The van der Waals surface area contributed by atoms with E-state index in [4.69, 9.17) is 5.11 Å². The summed E-state index contributed by atoms with van der Waals surface area (Å²) >= 11 is 4.98. The highest BCUT2D eigenvalue weighted by Crippen LogP contribution is 2.28. The van der Waals surface area contributed by atoms with Crippen molar-refractivity contribution in [2.75, 3.05) is 6.54 Å². The van der Waals surface area contributed by atoms with Crippen molar-refractivity contribution in [3.8, 4) is 0 Å². The van der Waals surface area contributed by atoms with Gasteiger partial charge in [-0.2, -0.15) is 0 Å². The quantitative estimate of drug-likeness (QED) is 0.740. The Kier molecular flexibility index (Phi) is 6.05. The van der Waals surface area contributed by atoms with Gasteiger partial charge in [-0.1, -0.05) is 0 Å². The lowest BCUT2D eigenvalue weighted by Crippen LogP contribution is -2.38. The van der Waals surface area contributed by atoms with Crippen molar-refractivity contribution in [1.82, 2.24) is 10.6 Å². The number of urea groups is 1. The molecule has 21 heavy (non-hydrogen) atoms. The summed E-state index contributed by atoms with van der Waals surface area (Å²) in [6, 6.07) is 3.77. The molecule has 2 rings (SSSR count). The molecule has 0 bridgehead atoms. The minimum Gasteiger partial charge on any atom is -0.481 e. The first-order chi connectivity index (χ1) is 10.0. The van der Waals surface area contributed by atoms with Gasteiger partial charge < -0.3 is 15.7 Å². The molecule has 0 aromatic carbocycles. The summed E-state index contributed by atoms with van der Waals surface area (Å²) in [5, 5.41) is 14.6. The van der Waals surface area contributed by atoms with Crippen molar-refractivity contribution >= 4 is 39.3 Å². The molecule has 0 aliphatic heterocycles. The molecule has 1 heterocycles. The number of hydrogen-bond donors (Lipinski definition) is 3. The number of carboxylic acid groups (broad SMARTS) is 1. The van der Waals surface area contributed by atoms with Crippen molar-refractivity contribution in [2.45, 2.75) is 32.2 Å². The van der Waals surface area contributed by atoms with E-state index < -0.39 is 5.97 Å². The molecule has 116 valence electrons. The molecular weight excluding hydrogens is 356 g/mol. The molecular formula is C14H19BrN2O3S. The van der Waals surface area contributed by atoms with E-state index in [1.54, 1.807) is 11.3 Å². The summed E-state index contributed by atoms with van der Waals surface area (Å²) in [7, 11) is 0. The third-order valence-corrected chi connectivity index (χ3v) is 5.42. The van der Waals surface area contributed by atoms with E-state index in [1.807, 2.05) is 12.1 Å². The highest BCUT2D eigenvalue weighted by atomic mass is 79.9. The minimum atomic E-state index is -0.693. The molecule has 1 saturated carbocycles. The fourth-order valence-corrected chi connectivity index (χ4v) is 3.95. The van der Waals surface area contributed by atoms with Crippen LogP contribution in [0.4, 0.5) is 4.79 Å². The number of carboxylic acids is 1. The molecule has 0 saturated heterocycles. The number of nitrogens with one attached hydrogen (secondary N) is 2. The molecule has 1 fully saturated rings. The lowest BCUT2D eigenvalue weighted by molar-refractivity contribution is -0.143. The average Bonchev–Trinajstić information content (AvgIpc) is 2.89. The average molecular weight is 375 g/mol. The Morgan fingerprint density at radius 3 is 2.52 bits per heavy atom. The van der Waals surface area contributed by atoms with E-state index in [0.717, 1.165) is 21.5 Å². The molecule has 5 nitrogen and oxygen atoms in total. The Balaban J connectivity index is 1.62. The lowest BCUT2D eigenvalue weighted by Gasteiger charge is -2.26. The van der Waals surface area contributed by atoms with E-state index >= 15 is 0 Å². The zero-order valence-corrected chi connectivity index (χ0v) is 14.0. The van der Waals surface area contributed by atoms with Gasteiger partial charge >= 0.3 is 12.0 Å². The predicted molar refractivity (Wildman–Crippen MR) is 85.3 cm³/mol. The summed E-state index contributed by atoms with van der Waals surface area (Å²) in [5.74, 6) is -0.504. The molecule has 3 N–H and O–H groups in total. The predicted octanol–water partition coefficient (Wildman–Crippen LogP) is 3.20. The van der Waals surface area contributed by atoms with Crippen LogP contribution in [0.15, 0.2) is 15.9 Å². The van der Waals surface area contributed by atoms with Crippen molar-refractivity contribution in [3.63, 3.8) is 0 Å². The third-order valence-electron chi connectivity index (χ3n) is 3.80. The normalized spacial score (nSPS) is 21.8. The van der Waals surface area contributed by atoms with Crippen LogP contribution >= 0.6 is 27.3 Å². The molecule has 1 aromatic heterocycles. The van der Waals surface area contributed by atoms with Crippen LogP contribution in [0.5, 0.6) is 0 Å². The number of thiophene rings is 1. The third kappa shape index (κ3) is 5.32. The monoisotopic (exact) mass is 374 g/mol. The lowest BCUT2D eigenvalue weighted by atomic mass is 9.82. The Bertz CT molecular complexity index is 498. The van der Waals surface area contributed by atoms with E-state index in [0.29, 0.717) is 31.8 Å². The maximum absolute atomic E-state index is 11.7. The highest BCUT2D eigenvalue weighted by Gasteiger charge is 2.25. The number of rotatable bonds is 5. The molecule has 0 spiro atoms. The maximum atomic E-state index is 11.7. The largest absolute Gasteiger partial charge is 0.481 e. The van der Waals surface area contributed by atoms with Gasteiger partial charge in [0.2, 0.25) is 0 Å². The van der Waals surface area contributed by atoms with Crippen LogP contribution in [-0.4, -0.2) is 23.7 Å². The van der Waals surface area contributed by atoms with Crippen LogP contribution in [0.2, 0.25) is 0 Å². The maximum Gasteiger partial charge on any atom is 0.315 e. The van der Waals surface area contributed by atoms with E-state index in [2.05, 4.69) is 26.6 Å². The Morgan fingerprint density at radius 2 is 1.95 bits per heavy atom. The van der Waals surface area contributed by atoms with Crippen LogP contribution in [-0.2, 0) is 11.3 Å². The molecule has 0 radical (unpaired) electrons. The standard InChI is InChI=1S/C14H19BrN2O3S/c15-12-6-5-11(21-12)8-17-14(20)16-7-9-1-3-10(4-2-9)13(18)19/h5-6,9-10H,1-4,7-8H2,(H,18,19)(H2,16,17,20). The number of hydrogen-bond acceptors (Lipinski definition) is 3. The van der Waals surface area contributed by atoms with E-state index in [1.165, 1.54) is 0 Å². The first-order valence-electron chi connectivity index (χ1n) is 7.03. The van der Waals surface area contributed by atoms with E-state index in [9.17, 15) is 9.59 Å². The van der Waals surface area contributed by atoms with Gasteiger partial charge in [0.1, 0.15) is 0 Å². The van der Waals surface area contributed by atoms with Gasteiger partial charge in [0, 0.05) is 11.4 Å². The second-order valence-corrected chi connectivity index (χ2v) is 7.87. The van der Waals surface area contributed by atoms with Crippen LogP contribution in [0, 0.1) is 11.8 Å². The molecule has 0 unspecified atom stereocenters. The first kappa shape index (κ1) is 16.3.